The van der Waals surface area contributed by atoms with Crippen LogP contribution in [0.3, 0.4) is 0 Å². The maximum absolute atomic E-state index is 12.5. The van der Waals surface area contributed by atoms with Gasteiger partial charge in [0.1, 0.15) is 5.69 Å². The molecule has 1 saturated carbocycles. The lowest BCUT2D eigenvalue weighted by molar-refractivity contribution is 0.0899. The second-order valence-corrected chi connectivity index (χ2v) is 5.03. The van der Waals surface area contributed by atoms with Crippen molar-refractivity contribution in [2.75, 3.05) is 13.7 Å². The lowest BCUT2D eigenvalue weighted by Crippen LogP contribution is -2.32. The van der Waals surface area contributed by atoms with E-state index in [4.69, 9.17) is 22.1 Å². The van der Waals surface area contributed by atoms with Crippen molar-refractivity contribution < 1.29 is 9.53 Å². The lowest BCUT2D eigenvalue weighted by atomic mass is 9.96. The first-order valence-corrected chi connectivity index (χ1v) is 6.53. The van der Waals surface area contributed by atoms with Crippen LogP contribution in [0.15, 0.2) is 6.20 Å². The molecule has 6 heteroatoms. The number of hydrogen-bond acceptors (Lipinski definition) is 4. The minimum Gasteiger partial charge on any atom is -0.383 e. The minimum atomic E-state index is -0.125. The number of carbonyl (C=O) groups excluding carboxylic acids is 1. The molecule has 1 heterocycles. The van der Waals surface area contributed by atoms with E-state index in [1.54, 1.807) is 11.8 Å². The number of carbonyl (C=O) groups is 1. The molecule has 0 saturated heterocycles. The molecule has 18 heavy (non-hydrogen) atoms. The van der Waals surface area contributed by atoms with Gasteiger partial charge in [-0.1, -0.05) is 18.0 Å². The summed E-state index contributed by atoms with van der Waals surface area (Å²) in [6, 6.07) is -0.0562. The van der Waals surface area contributed by atoms with E-state index in [1.165, 1.54) is 6.20 Å². The van der Waals surface area contributed by atoms with Crippen LogP contribution in [0.2, 0.25) is 5.02 Å². The Balaban J connectivity index is 2.20. The Morgan fingerprint density at radius 3 is 3.06 bits per heavy atom. The van der Waals surface area contributed by atoms with Crippen molar-refractivity contribution in [1.82, 2.24) is 9.78 Å². The fourth-order valence-electron chi connectivity index (χ4n) is 2.44. The van der Waals surface area contributed by atoms with Crippen molar-refractivity contribution in [3.05, 3.63) is 16.9 Å². The van der Waals surface area contributed by atoms with Gasteiger partial charge in [0.15, 0.2) is 5.78 Å². The van der Waals surface area contributed by atoms with Gasteiger partial charge in [-0.05, 0) is 12.8 Å². The first kappa shape index (κ1) is 13.5. The Bertz CT molecular complexity index is 433. The van der Waals surface area contributed by atoms with Crippen molar-refractivity contribution in [2.24, 2.45) is 11.7 Å². The van der Waals surface area contributed by atoms with Crippen LogP contribution < -0.4 is 5.73 Å². The standard InChI is InChI=1S/C12H18ClN3O2/c1-18-6-5-16-11(9(13)7-15-16)12(17)8-3-2-4-10(8)14/h7-8,10H,2-6,14H2,1H3. The quantitative estimate of drug-likeness (QED) is 0.824. The Labute approximate surface area is 111 Å². The molecule has 100 valence electrons. The molecule has 0 amide bonds. The number of ketones is 1. The largest absolute Gasteiger partial charge is 0.383 e. The zero-order valence-electron chi connectivity index (χ0n) is 10.4. The van der Waals surface area contributed by atoms with E-state index < -0.39 is 0 Å². The number of aromatic nitrogens is 2. The molecule has 1 aliphatic carbocycles. The van der Waals surface area contributed by atoms with Crippen molar-refractivity contribution in [2.45, 2.75) is 31.8 Å². The number of nitrogens with two attached hydrogens (primary N) is 1. The number of ether oxygens (including phenoxy) is 1. The van der Waals surface area contributed by atoms with E-state index in [0.29, 0.717) is 23.9 Å². The van der Waals surface area contributed by atoms with E-state index >= 15 is 0 Å². The zero-order valence-corrected chi connectivity index (χ0v) is 11.2. The molecule has 0 bridgehead atoms. The highest BCUT2D eigenvalue weighted by molar-refractivity contribution is 6.33. The summed E-state index contributed by atoms with van der Waals surface area (Å²) in [5, 5.41) is 4.51. The van der Waals surface area contributed by atoms with E-state index in [2.05, 4.69) is 5.10 Å². The minimum absolute atomic E-state index is 0.0126. The number of nitrogens with zero attached hydrogens (tertiary/aromatic N) is 2. The van der Waals surface area contributed by atoms with Crippen LogP contribution in [0.1, 0.15) is 29.8 Å². The summed E-state index contributed by atoms with van der Waals surface area (Å²) in [4.78, 5) is 12.5. The second kappa shape index (κ2) is 5.82. The third-order valence-electron chi connectivity index (χ3n) is 3.44. The molecule has 1 aliphatic rings. The number of rotatable bonds is 5. The number of methoxy groups -OCH3 is 1. The van der Waals surface area contributed by atoms with Gasteiger partial charge in [0.05, 0.1) is 24.4 Å². The van der Waals surface area contributed by atoms with Crippen molar-refractivity contribution in [3.63, 3.8) is 0 Å². The maximum Gasteiger partial charge on any atom is 0.187 e. The number of halogens is 1. The number of hydrogen-bond donors (Lipinski definition) is 1. The molecule has 2 rings (SSSR count). The third kappa shape index (κ3) is 2.58. The molecule has 1 aromatic heterocycles. The molecule has 2 unspecified atom stereocenters. The third-order valence-corrected chi connectivity index (χ3v) is 3.72. The zero-order chi connectivity index (χ0) is 13.1. The van der Waals surface area contributed by atoms with Crippen LogP contribution in [0.5, 0.6) is 0 Å². The van der Waals surface area contributed by atoms with Crippen molar-refractivity contribution >= 4 is 17.4 Å². The first-order chi connectivity index (χ1) is 8.65. The van der Waals surface area contributed by atoms with E-state index in [0.717, 1.165) is 19.3 Å². The Morgan fingerprint density at radius 1 is 1.67 bits per heavy atom. The summed E-state index contributed by atoms with van der Waals surface area (Å²) in [7, 11) is 1.61. The van der Waals surface area contributed by atoms with Crippen molar-refractivity contribution in [1.29, 1.82) is 0 Å². The normalized spacial score (nSPS) is 23.5. The van der Waals surface area contributed by atoms with E-state index in [1.807, 2.05) is 0 Å². The van der Waals surface area contributed by atoms with E-state index in [9.17, 15) is 4.79 Å². The highest BCUT2D eigenvalue weighted by atomic mass is 35.5. The first-order valence-electron chi connectivity index (χ1n) is 6.15. The van der Waals surface area contributed by atoms with Crippen molar-refractivity contribution in [3.8, 4) is 0 Å². The van der Waals surface area contributed by atoms with E-state index in [-0.39, 0.29) is 17.7 Å². The topological polar surface area (TPSA) is 70.1 Å². The monoisotopic (exact) mass is 271 g/mol. The Morgan fingerprint density at radius 2 is 2.44 bits per heavy atom. The summed E-state index contributed by atoms with van der Waals surface area (Å²) < 4.78 is 6.61. The fourth-order valence-corrected chi connectivity index (χ4v) is 2.68. The van der Waals surface area contributed by atoms with Gasteiger partial charge >= 0.3 is 0 Å². The Kier molecular flexibility index (Phi) is 4.37. The molecule has 0 aromatic carbocycles. The summed E-state index contributed by atoms with van der Waals surface area (Å²) in [5.74, 6) is -0.112. The van der Waals surface area contributed by atoms with Crippen LogP contribution >= 0.6 is 11.6 Å². The van der Waals surface area contributed by atoms with Gasteiger partial charge in [-0.2, -0.15) is 5.10 Å². The molecule has 0 aliphatic heterocycles. The molecule has 0 radical (unpaired) electrons. The SMILES string of the molecule is COCCn1ncc(Cl)c1C(=O)C1CCCC1N. The smallest absolute Gasteiger partial charge is 0.187 e. The molecule has 2 N–H and O–H groups in total. The van der Waals surface area contributed by atoms with Gasteiger partial charge in [0.2, 0.25) is 0 Å². The molecule has 1 fully saturated rings. The predicted octanol–water partition coefficient (Wildman–Crippen LogP) is 1.49. The maximum atomic E-state index is 12.5. The average Bonchev–Trinajstić information content (AvgIpc) is 2.92. The van der Waals surface area contributed by atoms with Crippen LogP contribution in [0, 0.1) is 5.92 Å². The van der Waals surface area contributed by atoms with Crippen LogP contribution in [0.25, 0.3) is 0 Å². The Hall–Kier alpha value is -0.910. The van der Waals surface area contributed by atoms with Gasteiger partial charge in [-0.25, -0.2) is 0 Å². The molecule has 0 spiro atoms. The molecular formula is C12H18ClN3O2. The van der Waals surface area contributed by atoms with Gasteiger partial charge in [0, 0.05) is 19.1 Å². The number of Topliss-reactive ketones (excluding diaryl/α,β-unsaturated/α-hetero) is 1. The van der Waals surface area contributed by atoms with Crippen LogP contribution in [-0.2, 0) is 11.3 Å². The fraction of sp³-hybridized carbons (Fsp3) is 0.667. The molecule has 2 atom stereocenters. The lowest BCUT2D eigenvalue weighted by Gasteiger charge is -2.15. The molecular weight excluding hydrogens is 254 g/mol. The highest BCUT2D eigenvalue weighted by Crippen LogP contribution is 2.29. The summed E-state index contributed by atoms with van der Waals surface area (Å²) in [6.07, 6.45) is 4.25. The average molecular weight is 272 g/mol. The van der Waals surface area contributed by atoms with Gasteiger partial charge < -0.3 is 10.5 Å². The van der Waals surface area contributed by atoms with Crippen LogP contribution in [-0.4, -0.2) is 35.3 Å². The summed E-state index contributed by atoms with van der Waals surface area (Å²) in [6.45, 7) is 1.02. The van der Waals surface area contributed by atoms with Gasteiger partial charge in [-0.3, -0.25) is 9.48 Å². The molecule has 5 nitrogen and oxygen atoms in total. The van der Waals surface area contributed by atoms with Crippen LogP contribution in [0.4, 0.5) is 0 Å². The predicted molar refractivity (Wildman–Crippen MR) is 68.8 cm³/mol. The molecule has 1 aromatic rings. The van der Waals surface area contributed by atoms with Gasteiger partial charge in [-0.15, -0.1) is 0 Å². The second-order valence-electron chi connectivity index (χ2n) is 4.62. The highest BCUT2D eigenvalue weighted by Gasteiger charge is 2.33. The summed E-state index contributed by atoms with van der Waals surface area (Å²) in [5.41, 5.74) is 6.44. The summed E-state index contributed by atoms with van der Waals surface area (Å²) >= 11 is 6.06. The van der Waals surface area contributed by atoms with Gasteiger partial charge in [0.25, 0.3) is 0 Å².